The number of amides is 1. The van der Waals surface area contributed by atoms with Crippen LogP contribution in [0.2, 0.25) is 5.02 Å². The number of piperidine rings is 2. The summed E-state index contributed by atoms with van der Waals surface area (Å²) in [6.45, 7) is 5.26. The molecule has 4 nitrogen and oxygen atoms in total. The van der Waals surface area contributed by atoms with Crippen molar-refractivity contribution in [3.05, 3.63) is 28.9 Å². The number of hydrogen-bond donors (Lipinski definition) is 1. The van der Waals surface area contributed by atoms with Gasteiger partial charge in [0.15, 0.2) is 6.61 Å². The maximum atomic E-state index is 13.5. The van der Waals surface area contributed by atoms with Gasteiger partial charge in [0, 0.05) is 35.6 Å². The van der Waals surface area contributed by atoms with Gasteiger partial charge >= 0.3 is 6.18 Å². The fraction of sp³-hybridized carbons (Fsp3) is 0.640. The van der Waals surface area contributed by atoms with E-state index in [0.29, 0.717) is 40.2 Å². The van der Waals surface area contributed by atoms with E-state index < -0.39 is 12.8 Å². The first-order valence-electron chi connectivity index (χ1n) is 11.7. The summed E-state index contributed by atoms with van der Waals surface area (Å²) in [5.41, 5.74) is 2.06. The molecule has 1 aromatic carbocycles. The number of carbonyl (C=O) groups excluding carboxylic acids is 1. The van der Waals surface area contributed by atoms with Crippen LogP contribution in [0.1, 0.15) is 70.8 Å². The highest BCUT2D eigenvalue weighted by molar-refractivity contribution is 6.33. The number of H-pyrrole nitrogens is 1. The molecular weight excluding hydrogens is 453 g/mol. The Morgan fingerprint density at radius 3 is 2.39 bits per heavy atom. The van der Waals surface area contributed by atoms with Crippen LogP contribution in [0.15, 0.2) is 18.3 Å². The molecule has 1 aromatic heterocycles. The van der Waals surface area contributed by atoms with Crippen LogP contribution in [0.25, 0.3) is 10.9 Å². The number of nitrogens with zero attached hydrogens (tertiary/aromatic N) is 1. The Morgan fingerprint density at radius 1 is 1.21 bits per heavy atom. The second-order valence-electron chi connectivity index (χ2n) is 11.3. The number of aromatic nitrogens is 1. The van der Waals surface area contributed by atoms with Crippen LogP contribution in [-0.2, 0) is 4.79 Å². The van der Waals surface area contributed by atoms with E-state index in [4.69, 9.17) is 16.3 Å². The van der Waals surface area contributed by atoms with Crippen molar-refractivity contribution in [1.29, 1.82) is 0 Å². The third-order valence-corrected chi connectivity index (χ3v) is 8.31. The van der Waals surface area contributed by atoms with Gasteiger partial charge in [0.05, 0.1) is 5.02 Å². The second-order valence-corrected chi connectivity index (χ2v) is 11.7. The topological polar surface area (TPSA) is 45.3 Å². The van der Waals surface area contributed by atoms with Crippen LogP contribution in [0, 0.1) is 10.8 Å². The molecule has 2 saturated heterocycles. The lowest BCUT2D eigenvalue weighted by atomic mass is 9.50. The van der Waals surface area contributed by atoms with E-state index in [0.717, 1.165) is 31.2 Å². The van der Waals surface area contributed by atoms with Crippen LogP contribution in [0.5, 0.6) is 5.75 Å². The maximum absolute atomic E-state index is 13.5. The monoisotopic (exact) mass is 482 g/mol. The molecule has 2 aliphatic carbocycles. The molecule has 1 atom stereocenters. The maximum Gasteiger partial charge on any atom is 0.422 e. The van der Waals surface area contributed by atoms with Crippen molar-refractivity contribution in [2.45, 2.75) is 83.5 Å². The zero-order chi connectivity index (χ0) is 23.8. The predicted octanol–water partition coefficient (Wildman–Crippen LogP) is 6.83. The molecular formula is C25H30ClF3N2O2. The Kier molecular flexibility index (Phi) is 5.24. The number of rotatable bonds is 5. The van der Waals surface area contributed by atoms with Gasteiger partial charge in [-0.2, -0.15) is 13.2 Å². The van der Waals surface area contributed by atoms with Gasteiger partial charge in [0.1, 0.15) is 5.75 Å². The summed E-state index contributed by atoms with van der Waals surface area (Å²) in [4.78, 5) is 18.7. The number of aromatic amines is 1. The van der Waals surface area contributed by atoms with Gasteiger partial charge in [0.25, 0.3) is 0 Å². The summed E-state index contributed by atoms with van der Waals surface area (Å²) in [6, 6.07) is 3.83. The molecule has 2 aromatic rings. The van der Waals surface area contributed by atoms with Crippen molar-refractivity contribution < 1.29 is 22.7 Å². The fourth-order valence-corrected chi connectivity index (χ4v) is 7.57. The van der Waals surface area contributed by atoms with Gasteiger partial charge in [-0.3, -0.25) is 4.79 Å². The normalized spacial score (nSPS) is 31.9. The molecule has 6 rings (SSSR count). The predicted molar refractivity (Wildman–Crippen MR) is 122 cm³/mol. The molecule has 180 valence electrons. The van der Waals surface area contributed by atoms with E-state index in [-0.39, 0.29) is 22.6 Å². The van der Waals surface area contributed by atoms with Crippen LogP contribution in [0.4, 0.5) is 13.2 Å². The smallest absolute Gasteiger partial charge is 0.422 e. The summed E-state index contributed by atoms with van der Waals surface area (Å²) in [5, 5.41) is 0.643. The van der Waals surface area contributed by atoms with E-state index in [2.05, 4.69) is 23.7 Å². The fourth-order valence-electron chi connectivity index (χ4n) is 7.36. The molecule has 4 bridgehead atoms. The van der Waals surface area contributed by atoms with Gasteiger partial charge < -0.3 is 14.6 Å². The summed E-state index contributed by atoms with van der Waals surface area (Å²) < 4.78 is 43.5. The van der Waals surface area contributed by atoms with E-state index >= 15 is 0 Å². The van der Waals surface area contributed by atoms with Gasteiger partial charge in [-0.15, -0.1) is 0 Å². The summed E-state index contributed by atoms with van der Waals surface area (Å²) in [5.74, 6) is -0.0447. The SMILES string of the molecule is CC(CC(=O)N1C2CC3(C)CC1CC(C)(C2)C3)c1c[nH]c2ccc(Cl)c(OCC(F)(F)F)c12. The van der Waals surface area contributed by atoms with Crippen molar-refractivity contribution in [1.82, 2.24) is 9.88 Å². The van der Waals surface area contributed by atoms with E-state index in [1.165, 1.54) is 12.5 Å². The van der Waals surface area contributed by atoms with Crippen molar-refractivity contribution in [2.24, 2.45) is 10.8 Å². The number of nitrogens with one attached hydrogen (secondary N) is 1. The summed E-state index contributed by atoms with van der Waals surface area (Å²) >= 11 is 6.22. The molecule has 0 radical (unpaired) electrons. The van der Waals surface area contributed by atoms with Gasteiger partial charge in [-0.1, -0.05) is 32.4 Å². The quantitative estimate of drug-likeness (QED) is 0.508. The number of benzene rings is 1. The molecule has 1 unspecified atom stereocenters. The van der Waals surface area contributed by atoms with Crippen LogP contribution in [0.3, 0.4) is 0 Å². The molecule has 3 heterocycles. The zero-order valence-electron chi connectivity index (χ0n) is 19.2. The minimum atomic E-state index is -4.47. The number of fused-ring (bicyclic) bond motifs is 1. The Labute approximate surface area is 196 Å². The van der Waals surface area contributed by atoms with Crippen molar-refractivity contribution in [3.63, 3.8) is 0 Å². The van der Waals surface area contributed by atoms with Gasteiger partial charge in [-0.05, 0) is 66.5 Å². The van der Waals surface area contributed by atoms with E-state index in [9.17, 15) is 18.0 Å². The van der Waals surface area contributed by atoms with E-state index in [1.807, 2.05) is 6.92 Å². The van der Waals surface area contributed by atoms with Crippen molar-refractivity contribution in [2.75, 3.05) is 6.61 Å². The van der Waals surface area contributed by atoms with Crippen molar-refractivity contribution in [3.8, 4) is 5.75 Å². The average Bonchev–Trinajstić information content (AvgIpc) is 3.08. The molecule has 33 heavy (non-hydrogen) atoms. The number of hydrogen-bond acceptors (Lipinski definition) is 2. The highest BCUT2D eigenvalue weighted by atomic mass is 35.5. The minimum Gasteiger partial charge on any atom is -0.482 e. The number of halogens is 4. The minimum absolute atomic E-state index is 0.0119. The third-order valence-electron chi connectivity index (χ3n) is 8.02. The lowest BCUT2D eigenvalue weighted by Gasteiger charge is -2.64. The van der Waals surface area contributed by atoms with Crippen LogP contribution >= 0.6 is 11.6 Å². The average molecular weight is 483 g/mol. The van der Waals surface area contributed by atoms with Crippen LogP contribution in [-0.4, -0.2) is 40.7 Å². The number of alkyl halides is 3. The Bertz CT molecular complexity index is 1060. The Morgan fingerprint density at radius 2 is 1.82 bits per heavy atom. The Balaban J connectivity index is 1.38. The van der Waals surface area contributed by atoms with Gasteiger partial charge in [0.2, 0.25) is 5.91 Å². The standard InChI is InChI=1S/C25H30ClF3N2O2/c1-14(6-20(32)31-15-7-23(2)8-16(31)10-24(3,9-15)12-23)17-11-30-19-5-4-18(26)22(21(17)19)33-13-25(27,28)29/h4-5,11,14-16,30H,6-10,12-13H2,1-3H3. The largest absolute Gasteiger partial charge is 0.482 e. The molecule has 0 spiro atoms. The molecule has 4 aliphatic rings. The first kappa shape index (κ1) is 22.9. The van der Waals surface area contributed by atoms with Crippen molar-refractivity contribution >= 4 is 28.4 Å². The zero-order valence-corrected chi connectivity index (χ0v) is 19.9. The molecule has 1 amide bonds. The number of carbonyl (C=O) groups is 1. The lowest BCUT2D eigenvalue weighted by molar-refractivity contribution is -0.168. The molecule has 2 aliphatic heterocycles. The van der Waals surface area contributed by atoms with Crippen LogP contribution < -0.4 is 4.74 Å². The number of ether oxygens (including phenoxy) is 1. The molecule has 1 N–H and O–H groups in total. The first-order chi connectivity index (χ1) is 15.4. The van der Waals surface area contributed by atoms with Gasteiger partial charge in [-0.25, -0.2) is 0 Å². The molecule has 4 fully saturated rings. The van der Waals surface area contributed by atoms with E-state index in [1.54, 1.807) is 12.3 Å². The Hall–Kier alpha value is -1.89. The highest BCUT2D eigenvalue weighted by Crippen LogP contribution is 2.61. The lowest BCUT2D eigenvalue weighted by Crippen LogP contribution is -2.65. The third kappa shape index (κ3) is 4.11. The molecule has 8 heteroatoms. The second kappa shape index (κ2) is 7.56. The summed E-state index contributed by atoms with van der Waals surface area (Å²) in [7, 11) is 0. The molecule has 2 saturated carbocycles. The first-order valence-corrected chi connectivity index (χ1v) is 12.0. The summed E-state index contributed by atoms with van der Waals surface area (Å²) in [6.07, 6.45) is 3.11. The highest BCUT2D eigenvalue weighted by Gasteiger charge is 2.58.